The van der Waals surface area contributed by atoms with Gasteiger partial charge in [-0.15, -0.1) is 0 Å². The summed E-state index contributed by atoms with van der Waals surface area (Å²) in [6, 6.07) is 35.3. The van der Waals surface area contributed by atoms with E-state index < -0.39 is 12.0 Å². The largest absolute Gasteiger partial charge is 0.485 e. The Balaban J connectivity index is 1.26. The third-order valence-electron chi connectivity index (χ3n) is 8.85. The van der Waals surface area contributed by atoms with E-state index in [2.05, 4.69) is 48.3 Å². The molecule has 0 spiro atoms. The number of ketones is 1. The number of rotatable bonds is 18. The Morgan fingerprint density at radius 1 is 0.796 bits per heavy atom. The van der Waals surface area contributed by atoms with Gasteiger partial charge in [0.05, 0.1) is 41.9 Å². The van der Waals surface area contributed by atoms with Crippen LogP contribution in [-0.4, -0.2) is 56.8 Å². The highest BCUT2D eigenvalue weighted by Gasteiger charge is 2.27. The van der Waals surface area contributed by atoms with E-state index in [-0.39, 0.29) is 12.4 Å². The molecule has 1 N–H and O–H groups in total. The molecule has 1 atom stereocenters. The summed E-state index contributed by atoms with van der Waals surface area (Å²) in [6.07, 6.45) is 3.83. The number of hydrogen-bond donors (Lipinski definition) is 1. The lowest BCUT2D eigenvalue weighted by Gasteiger charge is -2.29. The van der Waals surface area contributed by atoms with Crippen molar-refractivity contribution in [2.45, 2.75) is 25.8 Å². The predicted molar refractivity (Wildman–Crippen MR) is 210 cm³/mol. The fourth-order valence-corrected chi connectivity index (χ4v) is 6.01. The smallest absolute Gasteiger partial charge is 0.343 e. The number of nitrogens with one attached hydrogen (secondary N) is 1. The third-order valence-corrected chi connectivity index (χ3v) is 8.85. The van der Waals surface area contributed by atoms with Gasteiger partial charge in [-0.3, -0.25) is 9.59 Å². The number of esters is 1. The van der Waals surface area contributed by atoms with Gasteiger partial charge in [0.1, 0.15) is 17.8 Å². The molecule has 0 aromatic heterocycles. The fraction of sp³-hybridized carbons (Fsp3) is 0.200. The number of aryl methyl sites for hydroxylation is 1. The summed E-state index contributed by atoms with van der Waals surface area (Å²) in [4.78, 5) is 41.1. The van der Waals surface area contributed by atoms with Gasteiger partial charge in [0.2, 0.25) is 0 Å². The van der Waals surface area contributed by atoms with Crippen LogP contribution in [0.3, 0.4) is 0 Å². The maximum Gasteiger partial charge on any atom is 0.343 e. The van der Waals surface area contributed by atoms with E-state index in [0.717, 1.165) is 52.8 Å². The van der Waals surface area contributed by atoms with Crippen LogP contribution in [0.2, 0.25) is 0 Å². The standard InChI is InChI=1S/C45H42N2O7/c1-3-38(49)30-53-39-11-5-9-36(26-39)44-43(37-10-6-12-40(27-37)54-45(50)34-19-15-32(29-48)16-20-34)46-41-22-21-35(28-42(41)47-44)33-17-13-31(14-18-33)8-7-23-52-25-24-51-4-2/h3,5-6,9-22,26-29,44,47H,1,4,7-8,23-25,30H2,2H3. The maximum absolute atomic E-state index is 13.0. The van der Waals surface area contributed by atoms with E-state index in [9.17, 15) is 14.4 Å². The Kier molecular flexibility index (Phi) is 12.9. The van der Waals surface area contributed by atoms with Crippen LogP contribution in [0.1, 0.15) is 56.8 Å². The number of anilines is 1. The molecule has 9 heteroatoms. The lowest BCUT2D eigenvalue weighted by molar-refractivity contribution is -0.116. The van der Waals surface area contributed by atoms with Crippen LogP contribution in [0.15, 0.2) is 133 Å². The van der Waals surface area contributed by atoms with Gasteiger partial charge in [-0.25, -0.2) is 9.79 Å². The summed E-state index contributed by atoms with van der Waals surface area (Å²) in [7, 11) is 0. The number of aliphatic imine (C=N–C) groups is 1. The normalized spacial score (nSPS) is 13.2. The molecule has 1 aliphatic rings. The quantitative estimate of drug-likeness (QED) is 0.0314. The Bertz CT molecular complexity index is 2120. The van der Waals surface area contributed by atoms with Crippen LogP contribution in [0.4, 0.5) is 11.4 Å². The second kappa shape index (κ2) is 18.6. The Morgan fingerprint density at radius 3 is 2.33 bits per heavy atom. The molecule has 0 amide bonds. The number of ether oxygens (including phenoxy) is 4. The lowest BCUT2D eigenvalue weighted by atomic mass is 9.93. The predicted octanol–water partition coefficient (Wildman–Crippen LogP) is 8.79. The molecular weight excluding hydrogens is 681 g/mol. The zero-order chi connectivity index (χ0) is 37.7. The van der Waals surface area contributed by atoms with Gasteiger partial charge in [-0.2, -0.15) is 0 Å². The summed E-state index contributed by atoms with van der Waals surface area (Å²) in [5.74, 6) is 0.111. The number of carbonyl (C=O) groups is 3. The zero-order valence-corrected chi connectivity index (χ0v) is 30.2. The molecule has 0 fully saturated rings. The first-order valence-electron chi connectivity index (χ1n) is 17.9. The van der Waals surface area contributed by atoms with Crippen LogP contribution in [0.5, 0.6) is 11.5 Å². The molecule has 1 aliphatic heterocycles. The maximum atomic E-state index is 13.0. The van der Waals surface area contributed by atoms with Crippen molar-refractivity contribution in [3.05, 3.63) is 156 Å². The van der Waals surface area contributed by atoms with E-state index in [1.165, 1.54) is 11.6 Å². The van der Waals surface area contributed by atoms with E-state index in [0.29, 0.717) is 54.8 Å². The van der Waals surface area contributed by atoms with Gasteiger partial charge < -0.3 is 24.3 Å². The van der Waals surface area contributed by atoms with Crippen LogP contribution in [0.25, 0.3) is 11.1 Å². The first-order chi connectivity index (χ1) is 26.4. The van der Waals surface area contributed by atoms with E-state index >= 15 is 0 Å². The second-order valence-electron chi connectivity index (χ2n) is 12.6. The molecule has 1 unspecified atom stereocenters. The van der Waals surface area contributed by atoms with E-state index in [1.807, 2.05) is 43.3 Å². The number of carbonyl (C=O) groups excluding carboxylic acids is 3. The van der Waals surface area contributed by atoms with Crippen molar-refractivity contribution in [1.82, 2.24) is 0 Å². The van der Waals surface area contributed by atoms with Crippen molar-refractivity contribution in [1.29, 1.82) is 0 Å². The van der Waals surface area contributed by atoms with E-state index in [1.54, 1.807) is 42.5 Å². The van der Waals surface area contributed by atoms with Crippen molar-refractivity contribution in [2.75, 3.05) is 38.4 Å². The minimum Gasteiger partial charge on any atom is -0.485 e. The minimum absolute atomic E-state index is 0.121. The molecule has 6 rings (SSSR count). The zero-order valence-electron chi connectivity index (χ0n) is 30.2. The summed E-state index contributed by atoms with van der Waals surface area (Å²) in [5.41, 5.74) is 8.08. The molecule has 1 heterocycles. The van der Waals surface area contributed by atoms with Crippen molar-refractivity contribution in [3.8, 4) is 22.6 Å². The van der Waals surface area contributed by atoms with Crippen LogP contribution in [-0.2, 0) is 20.7 Å². The van der Waals surface area contributed by atoms with Gasteiger partial charge in [0.15, 0.2) is 12.4 Å². The van der Waals surface area contributed by atoms with E-state index in [4.69, 9.17) is 23.9 Å². The van der Waals surface area contributed by atoms with Crippen LogP contribution in [0, 0.1) is 0 Å². The molecule has 5 aromatic carbocycles. The Hall–Kier alpha value is -6.16. The average Bonchev–Trinajstić information content (AvgIpc) is 3.22. The van der Waals surface area contributed by atoms with Crippen LogP contribution < -0.4 is 14.8 Å². The number of nitrogens with zero attached hydrogens (tertiary/aromatic N) is 1. The minimum atomic E-state index is -0.544. The Morgan fingerprint density at radius 2 is 1.56 bits per heavy atom. The van der Waals surface area contributed by atoms with Crippen molar-refractivity contribution in [3.63, 3.8) is 0 Å². The first-order valence-corrected chi connectivity index (χ1v) is 17.9. The fourth-order valence-electron chi connectivity index (χ4n) is 6.01. The summed E-state index contributed by atoms with van der Waals surface area (Å²) in [6.45, 7) is 8.02. The topological polar surface area (TPSA) is 113 Å². The molecule has 0 bridgehead atoms. The highest BCUT2D eigenvalue weighted by molar-refractivity contribution is 6.10. The third kappa shape index (κ3) is 9.83. The molecule has 5 aromatic rings. The van der Waals surface area contributed by atoms with Crippen LogP contribution >= 0.6 is 0 Å². The molecule has 0 saturated carbocycles. The number of benzene rings is 5. The SMILES string of the molecule is C=CC(=O)COc1cccc(C2Nc3cc(-c4ccc(CCCOCCOCC)cc4)ccc3N=C2c2cccc(OC(=O)c3ccc(C=O)cc3)c2)c1. The van der Waals surface area contributed by atoms with Gasteiger partial charge >= 0.3 is 5.97 Å². The number of aldehydes is 1. The van der Waals surface area contributed by atoms with Gasteiger partial charge in [-0.1, -0.05) is 73.3 Å². The molecule has 0 saturated heterocycles. The average molecular weight is 723 g/mol. The van der Waals surface area contributed by atoms with Gasteiger partial charge in [-0.05, 0) is 96.6 Å². The number of fused-ring (bicyclic) bond motifs is 1. The molecule has 9 nitrogen and oxygen atoms in total. The monoisotopic (exact) mass is 722 g/mol. The molecule has 274 valence electrons. The van der Waals surface area contributed by atoms with Crippen molar-refractivity contribution >= 4 is 35.1 Å². The summed E-state index contributed by atoms with van der Waals surface area (Å²) < 4.78 is 22.5. The molecule has 0 radical (unpaired) electrons. The molecule has 0 aliphatic carbocycles. The van der Waals surface area contributed by atoms with Crippen molar-refractivity contribution < 1.29 is 33.3 Å². The van der Waals surface area contributed by atoms with Crippen molar-refractivity contribution in [2.24, 2.45) is 4.99 Å². The van der Waals surface area contributed by atoms with Gasteiger partial charge in [0.25, 0.3) is 0 Å². The number of hydrogen-bond acceptors (Lipinski definition) is 9. The summed E-state index contributed by atoms with van der Waals surface area (Å²) >= 11 is 0. The van der Waals surface area contributed by atoms with Gasteiger partial charge in [0, 0.05) is 24.3 Å². The lowest BCUT2D eigenvalue weighted by Crippen LogP contribution is -2.25. The Labute approximate surface area is 315 Å². The second-order valence-corrected chi connectivity index (χ2v) is 12.6. The highest BCUT2D eigenvalue weighted by atomic mass is 16.5. The first kappa shape index (κ1) is 37.6. The molecular formula is C45H42N2O7. The highest BCUT2D eigenvalue weighted by Crippen LogP contribution is 2.40. The molecule has 54 heavy (non-hydrogen) atoms. The summed E-state index contributed by atoms with van der Waals surface area (Å²) in [5, 5.41) is 3.71.